The molecule has 2 rings (SSSR count). The topological polar surface area (TPSA) is 52.7 Å². The largest absolute Gasteiger partial charge is 0.347 e. The smallest absolute Gasteiger partial charge is 0.318 e. The fourth-order valence-corrected chi connectivity index (χ4v) is 2.52. The van der Waals surface area contributed by atoms with Crippen molar-refractivity contribution in [2.24, 2.45) is 0 Å². The number of halogens is 2. The van der Waals surface area contributed by atoms with E-state index in [9.17, 15) is 14.0 Å². The molecule has 0 saturated carbocycles. The van der Waals surface area contributed by atoms with E-state index in [0.29, 0.717) is 23.6 Å². The highest BCUT2D eigenvalue weighted by Crippen LogP contribution is 2.27. The van der Waals surface area contributed by atoms with Crippen molar-refractivity contribution in [3.05, 3.63) is 34.1 Å². The maximum absolute atomic E-state index is 13.4. The Morgan fingerprint density at radius 2 is 2.14 bits per heavy atom. The number of benzene rings is 1. The molecule has 1 aromatic rings. The third-order valence-electron chi connectivity index (χ3n) is 3.42. The van der Waals surface area contributed by atoms with Gasteiger partial charge >= 0.3 is 6.03 Å². The predicted octanol–water partition coefficient (Wildman–Crippen LogP) is 1.64. The number of nitrogens with zero attached hydrogens (tertiary/aromatic N) is 2. The van der Waals surface area contributed by atoms with Gasteiger partial charge in [0.25, 0.3) is 0 Å². The molecule has 1 aromatic carbocycles. The second-order valence-corrected chi connectivity index (χ2v) is 5.55. The van der Waals surface area contributed by atoms with Crippen LogP contribution in [-0.2, 0) is 17.8 Å². The Balaban J connectivity index is 2.01. The van der Waals surface area contributed by atoms with Crippen molar-refractivity contribution in [3.8, 4) is 0 Å². The summed E-state index contributed by atoms with van der Waals surface area (Å²) in [7, 11) is 3.24. The van der Waals surface area contributed by atoms with Crippen LogP contribution >= 0.6 is 11.6 Å². The van der Waals surface area contributed by atoms with Crippen LogP contribution in [0, 0.1) is 5.82 Å². The van der Waals surface area contributed by atoms with Crippen LogP contribution in [0.2, 0.25) is 5.02 Å². The minimum Gasteiger partial charge on any atom is -0.347 e. The highest BCUT2D eigenvalue weighted by Gasteiger charge is 2.23. The average Bonchev–Trinajstić information content (AvgIpc) is 2.43. The summed E-state index contributed by atoms with van der Waals surface area (Å²) in [5.74, 6) is -0.598. The van der Waals surface area contributed by atoms with Crippen molar-refractivity contribution in [1.29, 1.82) is 0 Å². The first-order valence-corrected chi connectivity index (χ1v) is 6.96. The normalized spacial score (nSPS) is 13.6. The maximum atomic E-state index is 13.4. The molecule has 1 heterocycles. The minimum absolute atomic E-state index is 0.0565. The average molecular weight is 314 g/mol. The van der Waals surface area contributed by atoms with Gasteiger partial charge < -0.3 is 15.1 Å². The van der Waals surface area contributed by atoms with Gasteiger partial charge in [-0.1, -0.05) is 11.6 Å². The van der Waals surface area contributed by atoms with Crippen LogP contribution in [0.3, 0.4) is 0 Å². The van der Waals surface area contributed by atoms with E-state index >= 15 is 0 Å². The van der Waals surface area contributed by atoms with Crippen LogP contribution in [0.5, 0.6) is 0 Å². The Bertz CT molecular complexity index is 578. The van der Waals surface area contributed by atoms with Crippen molar-refractivity contribution in [1.82, 2.24) is 15.1 Å². The van der Waals surface area contributed by atoms with Crippen LogP contribution < -0.4 is 5.32 Å². The number of fused-ring (bicyclic) bond motifs is 1. The number of urea groups is 1. The quantitative estimate of drug-likeness (QED) is 0.902. The molecule has 0 fully saturated rings. The first kappa shape index (κ1) is 15.6. The standard InChI is InChI=1S/C14H17ClFN3O2/c1-18(2)13(20)7-17-14(21)19-4-3-11-9(8-19)5-10(16)6-12(11)15/h5-6H,3-4,7-8H2,1-2H3,(H,17,21). The van der Waals surface area contributed by atoms with Gasteiger partial charge in [-0.3, -0.25) is 4.79 Å². The summed E-state index contributed by atoms with van der Waals surface area (Å²) in [4.78, 5) is 26.4. The lowest BCUT2D eigenvalue weighted by Gasteiger charge is -2.29. The Kier molecular flexibility index (Phi) is 4.67. The van der Waals surface area contributed by atoms with Crippen LogP contribution in [0.25, 0.3) is 0 Å². The molecule has 7 heteroatoms. The van der Waals surface area contributed by atoms with Crippen molar-refractivity contribution in [2.45, 2.75) is 13.0 Å². The number of likely N-dealkylation sites (N-methyl/N-ethyl adjacent to an activating group) is 1. The van der Waals surface area contributed by atoms with Gasteiger partial charge in [0.2, 0.25) is 5.91 Å². The third-order valence-corrected chi connectivity index (χ3v) is 3.76. The molecule has 21 heavy (non-hydrogen) atoms. The summed E-state index contributed by atoms with van der Waals surface area (Å²) >= 11 is 6.00. The fourth-order valence-electron chi connectivity index (χ4n) is 2.20. The summed E-state index contributed by atoms with van der Waals surface area (Å²) in [6, 6.07) is 2.34. The zero-order valence-corrected chi connectivity index (χ0v) is 12.7. The van der Waals surface area contributed by atoms with E-state index in [1.165, 1.54) is 17.0 Å². The lowest BCUT2D eigenvalue weighted by Crippen LogP contribution is -2.46. The van der Waals surface area contributed by atoms with E-state index in [1.807, 2.05) is 0 Å². The first-order valence-electron chi connectivity index (χ1n) is 6.58. The predicted molar refractivity (Wildman–Crippen MR) is 77.6 cm³/mol. The lowest BCUT2D eigenvalue weighted by molar-refractivity contribution is -0.127. The summed E-state index contributed by atoms with van der Waals surface area (Å²) in [5.41, 5.74) is 1.59. The van der Waals surface area contributed by atoms with Crippen LogP contribution in [0.1, 0.15) is 11.1 Å². The molecule has 114 valence electrons. The number of carbonyl (C=O) groups excluding carboxylic acids is 2. The molecular formula is C14H17ClFN3O2. The summed E-state index contributed by atoms with van der Waals surface area (Å²) < 4.78 is 13.4. The molecule has 0 bridgehead atoms. The van der Waals surface area contributed by atoms with Crippen LogP contribution in [-0.4, -0.2) is 48.9 Å². The molecule has 0 spiro atoms. The molecule has 0 atom stereocenters. The van der Waals surface area contributed by atoms with Crippen molar-refractivity contribution in [2.75, 3.05) is 27.2 Å². The van der Waals surface area contributed by atoms with Gasteiger partial charge in [-0.05, 0) is 29.7 Å². The Labute approximate surface area is 127 Å². The van der Waals surface area contributed by atoms with Gasteiger partial charge in [0.15, 0.2) is 0 Å². The summed E-state index contributed by atoms with van der Waals surface area (Å²) in [6.07, 6.45) is 0.573. The molecule has 5 nitrogen and oxygen atoms in total. The van der Waals surface area contributed by atoms with E-state index in [0.717, 1.165) is 5.56 Å². The second-order valence-electron chi connectivity index (χ2n) is 5.14. The van der Waals surface area contributed by atoms with Gasteiger partial charge in [0.1, 0.15) is 5.82 Å². The van der Waals surface area contributed by atoms with E-state index in [1.54, 1.807) is 19.0 Å². The van der Waals surface area contributed by atoms with Crippen LogP contribution in [0.15, 0.2) is 12.1 Å². The first-order chi connectivity index (χ1) is 9.88. The highest BCUT2D eigenvalue weighted by atomic mass is 35.5. The lowest BCUT2D eigenvalue weighted by atomic mass is 10.00. The van der Waals surface area contributed by atoms with Crippen LogP contribution in [0.4, 0.5) is 9.18 Å². The van der Waals surface area contributed by atoms with Gasteiger partial charge in [0, 0.05) is 32.2 Å². The van der Waals surface area contributed by atoms with Crippen molar-refractivity contribution in [3.63, 3.8) is 0 Å². The minimum atomic E-state index is -0.413. The Morgan fingerprint density at radius 1 is 1.43 bits per heavy atom. The van der Waals surface area contributed by atoms with Crippen molar-refractivity contribution >= 4 is 23.5 Å². The SMILES string of the molecule is CN(C)C(=O)CNC(=O)N1CCc2c(Cl)cc(F)cc2C1. The van der Waals surface area contributed by atoms with Gasteiger partial charge in [-0.2, -0.15) is 0 Å². The number of rotatable bonds is 2. The molecule has 0 aromatic heterocycles. The molecule has 3 amide bonds. The van der Waals surface area contributed by atoms with E-state index < -0.39 is 5.82 Å². The number of nitrogens with one attached hydrogen (secondary N) is 1. The second kappa shape index (κ2) is 6.30. The number of hydrogen-bond acceptors (Lipinski definition) is 2. The fraction of sp³-hybridized carbons (Fsp3) is 0.429. The number of hydrogen-bond donors (Lipinski definition) is 1. The number of carbonyl (C=O) groups is 2. The maximum Gasteiger partial charge on any atom is 0.318 e. The molecule has 1 aliphatic heterocycles. The summed E-state index contributed by atoms with van der Waals surface area (Å²) in [6.45, 7) is 0.717. The number of amides is 3. The molecular weight excluding hydrogens is 297 g/mol. The Hall–Kier alpha value is -1.82. The van der Waals surface area contributed by atoms with E-state index in [2.05, 4.69) is 5.32 Å². The Morgan fingerprint density at radius 3 is 2.81 bits per heavy atom. The molecule has 0 aliphatic carbocycles. The molecule has 1 aliphatic rings. The molecule has 0 unspecified atom stereocenters. The molecule has 0 radical (unpaired) electrons. The van der Waals surface area contributed by atoms with Gasteiger partial charge in [-0.15, -0.1) is 0 Å². The van der Waals surface area contributed by atoms with E-state index in [-0.39, 0.29) is 25.0 Å². The van der Waals surface area contributed by atoms with Gasteiger partial charge in [0.05, 0.1) is 6.54 Å². The zero-order valence-electron chi connectivity index (χ0n) is 11.9. The monoisotopic (exact) mass is 313 g/mol. The summed E-state index contributed by atoms with van der Waals surface area (Å²) in [5, 5.41) is 2.96. The molecule has 0 saturated heterocycles. The molecule has 1 N–H and O–H groups in total. The van der Waals surface area contributed by atoms with Gasteiger partial charge in [-0.25, -0.2) is 9.18 Å². The van der Waals surface area contributed by atoms with Crippen molar-refractivity contribution < 1.29 is 14.0 Å². The zero-order chi connectivity index (χ0) is 15.6. The van der Waals surface area contributed by atoms with E-state index in [4.69, 9.17) is 11.6 Å². The third kappa shape index (κ3) is 3.64. The highest BCUT2D eigenvalue weighted by molar-refractivity contribution is 6.31.